The SMILES string of the molecule is c1ccc(Nc2ccc(-c3ccc(-c4ccc(Nc5ccccc5)cc4)c4nsnc34)cc2)cc1. The molecule has 2 N–H and O–H groups in total. The summed E-state index contributed by atoms with van der Waals surface area (Å²) < 4.78 is 9.29. The van der Waals surface area contributed by atoms with Crippen LogP contribution in [0.2, 0.25) is 0 Å². The van der Waals surface area contributed by atoms with Crippen LogP contribution in [0.1, 0.15) is 0 Å². The van der Waals surface area contributed by atoms with Crippen LogP contribution in [0.3, 0.4) is 0 Å². The van der Waals surface area contributed by atoms with Gasteiger partial charge in [0.1, 0.15) is 11.0 Å². The zero-order valence-electron chi connectivity index (χ0n) is 18.8. The van der Waals surface area contributed by atoms with Crippen LogP contribution >= 0.6 is 11.7 Å². The molecule has 0 bridgehead atoms. The van der Waals surface area contributed by atoms with Gasteiger partial charge in [0.05, 0.1) is 11.7 Å². The van der Waals surface area contributed by atoms with Crippen LogP contribution in [0, 0.1) is 0 Å². The van der Waals surface area contributed by atoms with Gasteiger partial charge in [0.25, 0.3) is 0 Å². The molecule has 0 saturated carbocycles. The zero-order valence-corrected chi connectivity index (χ0v) is 19.7. The average molecular weight is 471 g/mol. The summed E-state index contributed by atoms with van der Waals surface area (Å²) in [6, 6.07) is 41.6. The van der Waals surface area contributed by atoms with Crippen LogP contribution in [0.4, 0.5) is 22.7 Å². The van der Waals surface area contributed by atoms with Crippen LogP contribution in [0.5, 0.6) is 0 Å². The summed E-state index contributed by atoms with van der Waals surface area (Å²) in [4.78, 5) is 0. The fourth-order valence-corrected chi connectivity index (χ4v) is 4.75. The first-order chi connectivity index (χ1) is 17.3. The summed E-state index contributed by atoms with van der Waals surface area (Å²) in [6.07, 6.45) is 0. The van der Waals surface area contributed by atoms with Crippen molar-refractivity contribution in [3.63, 3.8) is 0 Å². The van der Waals surface area contributed by atoms with E-state index in [-0.39, 0.29) is 0 Å². The quantitative estimate of drug-likeness (QED) is 0.256. The molecule has 5 heteroatoms. The van der Waals surface area contributed by atoms with E-state index in [1.54, 1.807) is 0 Å². The second-order valence-corrected chi connectivity index (χ2v) is 8.79. The maximum absolute atomic E-state index is 4.65. The maximum Gasteiger partial charge on any atom is 0.113 e. The minimum absolute atomic E-state index is 0.933. The van der Waals surface area contributed by atoms with Gasteiger partial charge in [-0.3, -0.25) is 0 Å². The number of nitrogens with one attached hydrogen (secondary N) is 2. The number of nitrogens with zero attached hydrogens (tertiary/aromatic N) is 2. The lowest BCUT2D eigenvalue weighted by atomic mass is 9.97. The van der Waals surface area contributed by atoms with Gasteiger partial charge in [0.2, 0.25) is 0 Å². The summed E-state index contributed by atoms with van der Waals surface area (Å²) in [7, 11) is 0. The highest BCUT2D eigenvalue weighted by Crippen LogP contribution is 2.35. The molecule has 5 aromatic carbocycles. The molecule has 0 unspecified atom stereocenters. The lowest BCUT2D eigenvalue weighted by Gasteiger charge is -2.10. The van der Waals surface area contributed by atoms with E-state index in [4.69, 9.17) is 0 Å². The van der Waals surface area contributed by atoms with Crippen molar-refractivity contribution in [1.29, 1.82) is 0 Å². The Balaban J connectivity index is 1.27. The summed E-state index contributed by atoms with van der Waals surface area (Å²) in [6.45, 7) is 0. The smallest absolute Gasteiger partial charge is 0.113 e. The van der Waals surface area contributed by atoms with Gasteiger partial charge in [-0.15, -0.1) is 0 Å². The molecule has 168 valence electrons. The molecule has 0 amide bonds. The molecular formula is C30H22N4S. The van der Waals surface area contributed by atoms with Crippen molar-refractivity contribution in [3.05, 3.63) is 121 Å². The molecule has 1 aromatic heterocycles. The predicted molar refractivity (Wildman–Crippen MR) is 148 cm³/mol. The first kappa shape index (κ1) is 21.1. The molecule has 0 spiro atoms. The Hall–Kier alpha value is -4.48. The summed E-state index contributed by atoms with van der Waals surface area (Å²) in [5, 5.41) is 6.87. The maximum atomic E-state index is 4.65. The van der Waals surface area contributed by atoms with Crippen LogP contribution in [0.15, 0.2) is 121 Å². The Morgan fingerprint density at radius 3 is 1.17 bits per heavy atom. The Kier molecular flexibility index (Phi) is 5.67. The molecule has 1 heterocycles. The van der Waals surface area contributed by atoms with E-state index in [9.17, 15) is 0 Å². The molecule has 0 fully saturated rings. The first-order valence-electron chi connectivity index (χ1n) is 11.4. The number of aromatic nitrogens is 2. The Morgan fingerprint density at radius 1 is 0.400 bits per heavy atom. The van der Waals surface area contributed by atoms with Crippen molar-refractivity contribution in [2.24, 2.45) is 0 Å². The van der Waals surface area contributed by atoms with Gasteiger partial charge in [-0.2, -0.15) is 8.75 Å². The highest BCUT2D eigenvalue weighted by atomic mass is 32.1. The average Bonchev–Trinajstić information content (AvgIpc) is 3.41. The summed E-state index contributed by atoms with van der Waals surface area (Å²) in [5.41, 5.74) is 10.5. The van der Waals surface area contributed by atoms with Gasteiger partial charge in [-0.05, 0) is 59.7 Å². The lowest BCUT2D eigenvalue weighted by molar-refractivity contribution is 1.53. The Morgan fingerprint density at radius 2 is 0.771 bits per heavy atom. The van der Waals surface area contributed by atoms with E-state index in [1.165, 1.54) is 11.7 Å². The second kappa shape index (κ2) is 9.41. The fraction of sp³-hybridized carbons (Fsp3) is 0. The van der Waals surface area contributed by atoms with E-state index in [0.717, 1.165) is 56.0 Å². The Labute approximate surface area is 208 Å². The topological polar surface area (TPSA) is 49.8 Å². The normalized spacial score (nSPS) is 10.9. The zero-order chi connectivity index (χ0) is 23.5. The standard InChI is InChI=1S/C30H22N4S/c1-3-7-23(8-4-1)31-25-15-11-21(12-16-25)27-19-20-28(30-29(27)33-35-34-30)22-13-17-26(18-14-22)32-24-9-5-2-6-10-24/h1-20,31-32H. The molecule has 35 heavy (non-hydrogen) atoms. The minimum Gasteiger partial charge on any atom is -0.356 e. The van der Waals surface area contributed by atoms with Gasteiger partial charge in [-0.25, -0.2) is 0 Å². The predicted octanol–water partition coefficient (Wildman–Crippen LogP) is 8.51. The molecule has 0 saturated heterocycles. The third-order valence-corrected chi connectivity index (χ3v) is 6.46. The van der Waals surface area contributed by atoms with Crippen molar-refractivity contribution in [3.8, 4) is 22.3 Å². The lowest BCUT2D eigenvalue weighted by Crippen LogP contribution is -1.91. The third kappa shape index (κ3) is 4.50. The van der Waals surface area contributed by atoms with E-state index < -0.39 is 0 Å². The molecule has 4 nitrogen and oxygen atoms in total. The van der Waals surface area contributed by atoms with Crippen molar-refractivity contribution in [1.82, 2.24) is 8.75 Å². The molecule has 0 radical (unpaired) electrons. The highest BCUT2D eigenvalue weighted by molar-refractivity contribution is 7.00. The monoisotopic (exact) mass is 470 g/mol. The number of benzene rings is 5. The van der Waals surface area contributed by atoms with Crippen molar-refractivity contribution >= 4 is 45.5 Å². The molecule has 6 aromatic rings. The number of hydrogen-bond donors (Lipinski definition) is 2. The van der Waals surface area contributed by atoms with E-state index >= 15 is 0 Å². The minimum atomic E-state index is 0.933. The van der Waals surface area contributed by atoms with Crippen molar-refractivity contribution in [2.45, 2.75) is 0 Å². The fourth-order valence-electron chi connectivity index (χ4n) is 4.17. The number of fused-ring (bicyclic) bond motifs is 1. The van der Waals surface area contributed by atoms with E-state index in [2.05, 4.69) is 104 Å². The van der Waals surface area contributed by atoms with Gasteiger partial charge in [0, 0.05) is 33.9 Å². The number of rotatable bonds is 6. The highest BCUT2D eigenvalue weighted by Gasteiger charge is 2.13. The molecular weight excluding hydrogens is 448 g/mol. The Bertz CT molecular complexity index is 1440. The molecule has 0 aliphatic carbocycles. The second-order valence-electron chi connectivity index (χ2n) is 8.26. The summed E-state index contributed by atoms with van der Waals surface area (Å²) in [5.74, 6) is 0. The van der Waals surface area contributed by atoms with Crippen molar-refractivity contribution in [2.75, 3.05) is 10.6 Å². The molecule has 0 aliphatic rings. The third-order valence-electron chi connectivity index (χ3n) is 5.93. The van der Waals surface area contributed by atoms with Crippen LogP contribution in [0.25, 0.3) is 33.3 Å². The summed E-state index contributed by atoms with van der Waals surface area (Å²) >= 11 is 1.26. The van der Waals surface area contributed by atoms with Gasteiger partial charge < -0.3 is 10.6 Å². The largest absolute Gasteiger partial charge is 0.356 e. The molecule has 0 atom stereocenters. The first-order valence-corrected chi connectivity index (χ1v) is 12.2. The number of anilines is 4. The number of hydrogen-bond acceptors (Lipinski definition) is 5. The van der Waals surface area contributed by atoms with E-state index in [0.29, 0.717) is 0 Å². The molecule has 0 aliphatic heterocycles. The van der Waals surface area contributed by atoms with Crippen LogP contribution < -0.4 is 10.6 Å². The molecule has 6 rings (SSSR count). The van der Waals surface area contributed by atoms with Crippen LogP contribution in [-0.4, -0.2) is 8.75 Å². The van der Waals surface area contributed by atoms with Gasteiger partial charge >= 0.3 is 0 Å². The number of para-hydroxylation sites is 2. The van der Waals surface area contributed by atoms with Gasteiger partial charge in [-0.1, -0.05) is 72.8 Å². The van der Waals surface area contributed by atoms with Crippen LogP contribution in [-0.2, 0) is 0 Å². The van der Waals surface area contributed by atoms with Crippen molar-refractivity contribution < 1.29 is 0 Å². The van der Waals surface area contributed by atoms with Gasteiger partial charge in [0.15, 0.2) is 0 Å². The van der Waals surface area contributed by atoms with E-state index in [1.807, 2.05) is 36.4 Å².